The molecule has 20 heavy (non-hydrogen) atoms. The fourth-order valence-corrected chi connectivity index (χ4v) is 2.68. The lowest BCUT2D eigenvalue weighted by atomic mass is 10.1. The van der Waals surface area contributed by atoms with Gasteiger partial charge in [0.1, 0.15) is 17.6 Å². The van der Waals surface area contributed by atoms with Crippen LogP contribution in [0.5, 0.6) is 11.5 Å². The van der Waals surface area contributed by atoms with Crippen molar-refractivity contribution < 1.29 is 9.47 Å². The van der Waals surface area contributed by atoms with Crippen LogP contribution >= 0.6 is 11.6 Å². The first-order chi connectivity index (χ1) is 9.67. The van der Waals surface area contributed by atoms with Gasteiger partial charge in [-0.15, -0.1) is 0 Å². The number of methoxy groups -OCH3 is 1. The second kappa shape index (κ2) is 5.25. The van der Waals surface area contributed by atoms with Crippen LogP contribution in [0, 0.1) is 6.92 Å². The van der Waals surface area contributed by atoms with Gasteiger partial charge in [-0.3, -0.25) is 0 Å². The molecule has 2 aromatic carbocycles. The third-order valence-electron chi connectivity index (χ3n) is 3.47. The molecule has 0 aromatic heterocycles. The van der Waals surface area contributed by atoms with E-state index in [-0.39, 0.29) is 6.10 Å². The molecule has 3 nitrogen and oxygen atoms in total. The van der Waals surface area contributed by atoms with Crippen LogP contribution in [0.3, 0.4) is 0 Å². The third-order valence-corrected chi connectivity index (χ3v) is 3.68. The van der Waals surface area contributed by atoms with Crippen LogP contribution in [0.25, 0.3) is 0 Å². The lowest BCUT2D eigenvalue weighted by Crippen LogP contribution is -2.24. The molecule has 1 atom stereocenters. The highest BCUT2D eigenvalue weighted by Gasteiger charge is 2.22. The molecule has 0 fully saturated rings. The quantitative estimate of drug-likeness (QED) is 0.898. The number of anilines is 1. The summed E-state index contributed by atoms with van der Waals surface area (Å²) in [6.07, 6.45) is -0.00622. The normalized spacial score (nSPS) is 16.9. The molecule has 2 aromatic rings. The molecule has 1 N–H and O–H groups in total. The van der Waals surface area contributed by atoms with Crippen LogP contribution in [0.15, 0.2) is 36.4 Å². The van der Waals surface area contributed by atoms with Crippen molar-refractivity contribution in [1.29, 1.82) is 0 Å². The smallest absolute Gasteiger partial charge is 0.146 e. The van der Waals surface area contributed by atoms with Crippen LogP contribution in [-0.4, -0.2) is 13.7 Å². The number of ether oxygens (including phenoxy) is 2. The SMILES string of the molecule is COc1ccc(C2CNc3cc(Cl)cc(C)c3O2)cc1. The fraction of sp³-hybridized carbons (Fsp3) is 0.250. The predicted molar refractivity (Wildman–Crippen MR) is 81.0 cm³/mol. The number of benzene rings is 2. The predicted octanol–water partition coefficient (Wildman–Crippen LogP) is 4.20. The summed E-state index contributed by atoms with van der Waals surface area (Å²) in [5.74, 6) is 1.72. The number of hydrogen-bond acceptors (Lipinski definition) is 3. The molecule has 0 aliphatic carbocycles. The zero-order valence-electron chi connectivity index (χ0n) is 11.4. The van der Waals surface area contributed by atoms with Crippen LogP contribution in [-0.2, 0) is 0 Å². The summed E-state index contributed by atoms with van der Waals surface area (Å²) in [6, 6.07) is 11.8. The second-order valence-electron chi connectivity index (χ2n) is 4.86. The van der Waals surface area contributed by atoms with Crippen molar-refractivity contribution in [3.05, 3.63) is 52.5 Å². The van der Waals surface area contributed by atoms with Gasteiger partial charge in [0, 0.05) is 5.02 Å². The Morgan fingerprint density at radius 3 is 2.70 bits per heavy atom. The van der Waals surface area contributed by atoms with E-state index in [4.69, 9.17) is 21.1 Å². The fourth-order valence-electron chi connectivity index (χ4n) is 2.41. The zero-order chi connectivity index (χ0) is 14.1. The molecule has 0 bridgehead atoms. The molecule has 1 aliphatic rings. The third kappa shape index (κ3) is 2.41. The summed E-state index contributed by atoms with van der Waals surface area (Å²) in [5, 5.41) is 4.10. The molecule has 1 unspecified atom stereocenters. The molecule has 0 amide bonds. The van der Waals surface area contributed by atoms with E-state index < -0.39 is 0 Å². The van der Waals surface area contributed by atoms with Crippen LogP contribution in [0.4, 0.5) is 5.69 Å². The Kier molecular flexibility index (Phi) is 3.45. The summed E-state index contributed by atoms with van der Waals surface area (Å²) in [7, 11) is 1.66. The summed E-state index contributed by atoms with van der Waals surface area (Å²) in [6.45, 7) is 2.72. The Labute approximate surface area is 123 Å². The minimum absolute atomic E-state index is 0.00622. The summed E-state index contributed by atoms with van der Waals surface area (Å²) in [4.78, 5) is 0. The van der Waals surface area contributed by atoms with Crippen molar-refractivity contribution in [2.24, 2.45) is 0 Å². The molecular weight excluding hydrogens is 274 g/mol. The number of hydrogen-bond donors (Lipinski definition) is 1. The van der Waals surface area contributed by atoms with Gasteiger partial charge in [0.15, 0.2) is 0 Å². The number of rotatable bonds is 2. The molecular formula is C16H16ClNO2. The van der Waals surface area contributed by atoms with E-state index in [0.717, 1.165) is 39.9 Å². The highest BCUT2D eigenvalue weighted by Crippen LogP contribution is 2.39. The van der Waals surface area contributed by atoms with Crippen molar-refractivity contribution in [3.8, 4) is 11.5 Å². The summed E-state index contributed by atoms with van der Waals surface area (Å²) in [5.41, 5.74) is 3.12. The summed E-state index contributed by atoms with van der Waals surface area (Å²) >= 11 is 6.06. The van der Waals surface area contributed by atoms with Gasteiger partial charge in [-0.2, -0.15) is 0 Å². The molecule has 1 heterocycles. The first-order valence-corrected chi connectivity index (χ1v) is 6.90. The van der Waals surface area contributed by atoms with Crippen molar-refractivity contribution in [3.63, 3.8) is 0 Å². The molecule has 0 radical (unpaired) electrons. The minimum atomic E-state index is -0.00622. The van der Waals surface area contributed by atoms with Gasteiger partial charge in [-0.25, -0.2) is 0 Å². The molecule has 104 valence electrons. The molecule has 4 heteroatoms. The topological polar surface area (TPSA) is 30.5 Å². The highest BCUT2D eigenvalue weighted by atomic mass is 35.5. The average molecular weight is 290 g/mol. The maximum atomic E-state index is 6.12. The first-order valence-electron chi connectivity index (χ1n) is 6.52. The Morgan fingerprint density at radius 2 is 2.00 bits per heavy atom. The monoisotopic (exact) mass is 289 g/mol. The average Bonchev–Trinajstić information content (AvgIpc) is 2.47. The zero-order valence-corrected chi connectivity index (χ0v) is 12.2. The number of aryl methyl sites for hydroxylation is 1. The van der Waals surface area contributed by atoms with Crippen molar-refractivity contribution >= 4 is 17.3 Å². The van der Waals surface area contributed by atoms with E-state index in [9.17, 15) is 0 Å². The van der Waals surface area contributed by atoms with Crippen molar-refractivity contribution in [2.45, 2.75) is 13.0 Å². The van der Waals surface area contributed by atoms with Crippen molar-refractivity contribution in [1.82, 2.24) is 0 Å². The van der Waals surface area contributed by atoms with Crippen LogP contribution in [0.2, 0.25) is 5.02 Å². The lowest BCUT2D eigenvalue weighted by Gasteiger charge is -2.29. The number of fused-ring (bicyclic) bond motifs is 1. The Balaban J connectivity index is 1.87. The van der Waals surface area contributed by atoms with Crippen LogP contribution in [0.1, 0.15) is 17.2 Å². The number of halogens is 1. The highest BCUT2D eigenvalue weighted by molar-refractivity contribution is 6.31. The molecule has 0 saturated heterocycles. The van der Waals surface area contributed by atoms with Gasteiger partial charge in [0.2, 0.25) is 0 Å². The molecule has 3 rings (SSSR count). The maximum Gasteiger partial charge on any atom is 0.146 e. The van der Waals surface area contributed by atoms with Crippen molar-refractivity contribution in [2.75, 3.05) is 19.0 Å². The van der Waals surface area contributed by atoms with E-state index in [1.165, 1.54) is 0 Å². The molecule has 0 spiro atoms. The van der Waals surface area contributed by atoms with E-state index >= 15 is 0 Å². The molecule has 1 aliphatic heterocycles. The number of nitrogens with one attached hydrogen (secondary N) is 1. The van der Waals surface area contributed by atoms with E-state index in [1.54, 1.807) is 7.11 Å². The van der Waals surface area contributed by atoms with E-state index in [0.29, 0.717) is 0 Å². The van der Waals surface area contributed by atoms with Gasteiger partial charge < -0.3 is 14.8 Å². The minimum Gasteiger partial charge on any atom is -0.497 e. The Morgan fingerprint density at radius 1 is 1.25 bits per heavy atom. The van der Waals surface area contributed by atoms with Gasteiger partial charge in [0.05, 0.1) is 19.3 Å². The molecule has 0 saturated carbocycles. The first kappa shape index (κ1) is 13.1. The summed E-state index contributed by atoms with van der Waals surface area (Å²) < 4.78 is 11.3. The Hall–Kier alpha value is -1.87. The Bertz CT molecular complexity index is 625. The van der Waals surface area contributed by atoms with Gasteiger partial charge in [0.25, 0.3) is 0 Å². The van der Waals surface area contributed by atoms with Gasteiger partial charge >= 0.3 is 0 Å². The second-order valence-corrected chi connectivity index (χ2v) is 5.30. The van der Waals surface area contributed by atoms with E-state index in [2.05, 4.69) is 5.32 Å². The van der Waals surface area contributed by atoms with Gasteiger partial charge in [-0.1, -0.05) is 23.7 Å². The van der Waals surface area contributed by atoms with Gasteiger partial charge in [-0.05, 0) is 42.3 Å². The lowest BCUT2D eigenvalue weighted by molar-refractivity contribution is 0.209. The maximum absolute atomic E-state index is 6.12. The standard InChI is InChI=1S/C16H16ClNO2/c1-10-7-12(17)8-14-16(10)20-15(9-18-14)11-3-5-13(19-2)6-4-11/h3-8,15,18H,9H2,1-2H3. The largest absolute Gasteiger partial charge is 0.497 e. The van der Waals surface area contributed by atoms with E-state index in [1.807, 2.05) is 43.3 Å². The van der Waals surface area contributed by atoms with Crippen LogP contribution < -0.4 is 14.8 Å².